The summed E-state index contributed by atoms with van der Waals surface area (Å²) in [6.45, 7) is -0.508. The monoisotopic (exact) mass is 302 g/mol. The Morgan fingerprint density at radius 2 is 2.11 bits per heavy atom. The van der Waals surface area contributed by atoms with E-state index >= 15 is 0 Å². The second kappa shape index (κ2) is 6.03. The van der Waals surface area contributed by atoms with Gasteiger partial charge in [-0.25, -0.2) is 9.59 Å². The standard InChI is InChI=1S/C11H11ClN2O4S/c12-8-4-3-7(19-8)10(16)18-5-9(15)14-11(17)13-6-1-2-6/h3-4,6H,1-2,5H2,(H2,13,14,15,17). The smallest absolute Gasteiger partial charge is 0.348 e. The van der Waals surface area contributed by atoms with Crippen LogP contribution in [0.5, 0.6) is 0 Å². The lowest BCUT2D eigenvalue weighted by Gasteiger charge is -2.05. The Labute approximate surface area is 118 Å². The molecule has 0 atom stereocenters. The van der Waals surface area contributed by atoms with E-state index in [1.807, 2.05) is 0 Å². The van der Waals surface area contributed by atoms with E-state index in [1.165, 1.54) is 6.07 Å². The van der Waals surface area contributed by atoms with Gasteiger partial charge in [-0.1, -0.05) is 11.6 Å². The van der Waals surface area contributed by atoms with Crippen molar-refractivity contribution in [2.24, 2.45) is 0 Å². The number of hydrogen-bond acceptors (Lipinski definition) is 5. The molecule has 1 heterocycles. The first-order valence-electron chi connectivity index (χ1n) is 5.57. The van der Waals surface area contributed by atoms with Crippen LogP contribution >= 0.6 is 22.9 Å². The highest BCUT2D eigenvalue weighted by atomic mass is 35.5. The van der Waals surface area contributed by atoms with Crippen molar-refractivity contribution >= 4 is 40.8 Å². The second-order valence-corrected chi connectivity index (χ2v) is 5.69. The predicted octanol–water partition coefficient (Wildman–Crippen LogP) is 1.55. The van der Waals surface area contributed by atoms with Gasteiger partial charge in [-0.3, -0.25) is 10.1 Å². The summed E-state index contributed by atoms with van der Waals surface area (Å²) in [5.74, 6) is -1.32. The molecule has 0 saturated heterocycles. The molecule has 102 valence electrons. The van der Waals surface area contributed by atoms with Crippen molar-refractivity contribution in [3.8, 4) is 0 Å². The SMILES string of the molecule is O=C(COC(=O)c1ccc(Cl)s1)NC(=O)NC1CC1. The normalized spacial score (nSPS) is 13.7. The van der Waals surface area contributed by atoms with Gasteiger partial charge in [0, 0.05) is 6.04 Å². The third kappa shape index (κ3) is 4.53. The summed E-state index contributed by atoms with van der Waals surface area (Å²) < 4.78 is 5.20. The van der Waals surface area contributed by atoms with Crippen molar-refractivity contribution < 1.29 is 19.1 Å². The Balaban J connectivity index is 1.70. The molecule has 0 aromatic carbocycles. The number of thiophene rings is 1. The Kier molecular flexibility index (Phi) is 4.39. The maximum absolute atomic E-state index is 11.5. The van der Waals surface area contributed by atoms with Gasteiger partial charge in [0.15, 0.2) is 6.61 Å². The highest BCUT2D eigenvalue weighted by molar-refractivity contribution is 7.17. The number of esters is 1. The second-order valence-electron chi connectivity index (χ2n) is 3.98. The van der Waals surface area contributed by atoms with Crippen molar-refractivity contribution in [3.63, 3.8) is 0 Å². The molecule has 1 aromatic rings. The molecule has 0 unspecified atom stereocenters. The maximum atomic E-state index is 11.5. The molecule has 0 spiro atoms. The molecule has 0 aliphatic heterocycles. The number of amides is 3. The fourth-order valence-corrected chi connectivity index (χ4v) is 2.17. The molecule has 8 heteroatoms. The molecule has 3 amide bonds. The highest BCUT2D eigenvalue weighted by Crippen LogP contribution is 2.21. The average molecular weight is 303 g/mol. The van der Waals surface area contributed by atoms with E-state index in [0.29, 0.717) is 9.21 Å². The fourth-order valence-electron chi connectivity index (χ4n) is 1.24. The van der Waals surface area contributed by atoms with Crippen molar-refractivity contribution in [1.29, 1.82) is 0 Å². The zero-order chi connectivity index (χ0) is 13.8. The van der Waals surface area contributed by atoms with E-state index in [0.717, 1.165) is 24.2 Å². The van der Waals surface area contributed by atoms with Gasteiger partial charge in [0.2, 0.25) is 0 Å². The van der Waals surface area contributed by atoms with Crippen LogP contribution < -0.4 is 10.6 Å². The number of ether oxygens (including phenoxy) is 1. The van der Waals surface area contributed by atoms with Gasteiger partial charge in [0.1, 0.15) is 4.88 Å². The van der Waals surface area contributed by atoms with Crippen molar-refractivity contribution in [1.82, 2.24) is 10.6 Å². The lowest BCUT2D eigenvalue weighted by molar-refractivity contribution is -0.123. The molecule has 0 radical (unpaired) electrons. The largest absolute Gasteiger partial charge is 0.451 e. The molecule has 0 bridgehead atoms. The van der Waals surface area contributed by atoms with Gasteiger partial charge < -0.3 is 10.1 Å². The van der Waals surface area contributed by atoms with Crippen LogP contribution in [0.3, 0.4) is 0 Å². The molecular formula is C11H11ClN2O4S. The zero-order valence-corrected chi connectivity index (χ0v) is 11.3. The minimum atomic E-state index is -0.672. The number of rotatable bonds is 4. The molecule has 1 saturated carbocycles. The van der Waals surface area contributed by atoms with E-state index in [4.69, 9.17) is 16.3 Å². The molecular weight excluding hydrogens is 292 g/mol. The number of carbonyl (C=O) groups is 3. The van der Waals surface area contributed by atoms with E-state index in [-0.39, 0.29) is 6.04 Å². The number of nitrogens with one attached hydrogen (secondary N) is 2. The summed E-state index contributed by atoms with van der Waals surface area (Å²) in [5, 5.41) is 4.66. The van der Waals surface area contributed by atoms with Crippen LogP contribution in [0, 0.1) is 0 Å². The molecule has 2 N–H and O–H groups in total. The summed E-state index contributed by atoms with van der Waals surface area (Å²) >= 11 is 6.73. The van der Waals surface area contributed by atoms with Crippen LogP contribution in [0.2, 0.25) is 4.34 Å². The number of halogens is 1. The van der Waals surface area contributed by atoms with Crippen LogP contribution in [0.25, 0.3) is 0 Å². The van der Waals surface area contributed by atoms with Crippen LogP contribution in [0.1, 0.15) is 22.5 Å². The third-order valence-corrected chi connectivity index (χ3v) is 3.49. The van der Waals surface area contributed by atoms with Crippen molar-refractivity contribution in [3.05, 3.63) is 21.3 Å². The van der Waals surface area contributed by atoms with Gasteiger partial charge in [0.25, 0.3) is 5.91 Å². The van der Waals surface area contributed by atoms with Gasteiger partial charge in [-0.2, -0.15) is 0 Å². The Morgan fingerprint density at radius 1 is 1.37 bits per heavy atom. The number of imide groups is 1. The third-order valence-electron chi connectivity index (χ3n) is 2.27. The van der Waals surface area contributed by atoms with Gasteiger partial charge in [-0.05, 0) is 25.0 Å². The Morgan fingerprint density at radius 3 is 2.68 bits per heavy atom. The molecule has 2 rings (SSSR count). The molecule has 1 fully saturated rings. The van der Waals surface area contributed by atoms with Gasteiger partial charge >= 0.3 is 12.0 Å². The Bertz CT molecular complexity index is 513. The van der Waals surface area contributed by atoms with E-state index in [1.54, 1.807) is 6.07 Å². The average Bonchev–Trinajstić information content (AvgIpc) is 3.04. The van der Waals surface area contributed by atoms with Crippen molar-refractivity contribution in [2.75, 3.05) is 6.61 Å². The van der Waals surface area contributed by atoms with E-state index in [2.05, 4.69) is 10.6 Å². The number of carbonyl (C=O) groups excluding carboxylic acids is 3. The number of hydrogen-bond donors (Lipinski definition) is 2. The first-order chi connectivity index (χ1) is 9.04. The quantitative estimate of drug-likeness (QED) is 0.826. The lowest BCUT2D eigenvalue weighted by atomic mass is 10.5. The first kappa shape index (κ1) is 13.8. The highest BCUT2D eigenvalue weighted by Gasteiger charge is 2.24. The lowest BCUT2D eigenvalue weighted by Crippen LogP contribution is -2.42. The van der Waals surface area contributed by atoms with Gasteiger partial charge in [0.05, 0.1) is 4.34 Å². The molecule has 6 nitrogen and oxygen atoms in total. The summed E-state index contributed by atoms with van der Waals surface area (Å²) in [6.07, 6.45) is 1.85. The summed E-state index contributed by atoms with van der Waals surface area (Å²) in [5.41, 5.74) is 0. The minimum Gasteiger partial charge on any atom is -0.451 e. The van der Waals surface area contributed by atoms with Crippen LogP contribution in [0.15, 0.2) is 12.1 Å². The Hall–Kier alpha value is -1.60. The summed E-state index contributed by atoms with van der Waals surface area (Å²) in [6, 6.07) is 2.66. The number of urea groups is 1. The van der Waals surface area contributed by atoms with E-state index in [9.17, 15) is 14.4 Å². The zero-order valence-electron chi connectivity index (χ0n) is 9.77. The van der Waals surface area contributed by atoms with Crippen LogP contribution in [-0.4, -0.2) is 30.6 Å². The summed E-state index contributed by atoms with van der Waals surface area (Å²) in [4.78, 5) is 34.3. The molecule has 1 aromatic heterocycles. The first-order valence-corrected chi connectivity index (χ1v) is 6.77. The van der Waals surface area contributed by atoms with Crippen molar-refractivity contribution in [2.45, 2.75) is 18.9 Å². The van der Waals surface area contributed by atoms with Crippen LogP contribution in [0.4, 0.5) is 4.79 Å². The van der Waals surface area contributed by atoms with Gasteiger partial charge in [-0.15, -0.1) is 11.3 Å². The molecule has 19 heavy (non-hydrogen) atoms. The molecule has 1 aliphatic carbocycles. The molecule has 1 aliphatic rings. The minimum absolute atomic E-state index is 0.156. The van der Waals surface area contributed by atoms with E-state index < -0.39 is 24.5 Å². The topological polar surface area (TPSA) is 84.5 Å². The predicted molar refractivity (Wildman–Crippen MR) is 69.3 cm³/mol. The van der Waals surface area contributed by atoms with Crippen LogP contribution in [-0.2, 0) is 9.53 Å². The summed E-state index contributed by atoms with van der Waals surface area (Å²) in [7, 11) is 0. The maximum Gasteiger partial charge on any atom is 0.348 e. The fraction of sp³-hybridized carbons (Fsp3) is 0.364.